The maximum absolute atomic E-state index is 12.0. The van der Waals surface area contributed by atoms with E-state index in [1.54, 1.807) is 11.3 Å². The summed E-state index contributed by atoms with van der Waals surface area (Å²) >= 11 is 1.62. The number of thiophene rings is 1. The summed E-state index contributed by atoms with van der Waals surface area (Å²) in [5.74, 6) is -0.172. The zero-order valence-corrected chi connectivity index (χ0v) is 13.9. The zero-order chi connectivity index (χ0) is 15.5. The Balaban J connectivity index is 1.76. The number of hydrogen-bond donors (Lipinski definition) is 0. The molecule has 0 N–H and O–H groups in total. The lowest BCUT2D eigenvalue weighted by Crippen LogP contribution is -2.29. The van der Waals surface area contributed by atoms with Crippen LogP contribution in [-0.4, -0.2) is 24.0 Å². The van der Waals surface area contributed by atoms with Gasteiger partial charge in [0.1, 0.15) is 4.88 Å². The molecule has 0 saturated heterocycles. The van der Waals surface area contributed by atoms with Crippen molar-refractivity contribution in [2.75, 3.05) is 13.2 Å². The summed E-state index contributed by atoms with van der Waals surface area (Å²) in [6.45, 7) is 7.26. The highest BCUT2D eigenvalue weighted by molar-refractivity contribution is 7.14. The van der Waals surface area contributed by atoms with Gasteiger partial charge in [-0.25, -0.2) is 4.79 Å². The molecule has 0 saturated carbocycles. The van der Waals surface area contributed by atoms with Crippen LogP contribution in [0.3, 0.4) is 0 Å². The van der Waals surface area contributed by atoms with Crippen LogP contribution in [-0.2, 0) is 24.2 Å². The maximum atomic E-state index is 12.0. The lowest BCUT2D eigenvalue weighted by atomic mass is 10.0. The smallest absolute Gasteiger partial charge is 0.348 e. The van der Waals surface area contributed by atoms with E-state index in [0.717, 1.165) is 36.5 Å². The minimum Gasteiger partial charge on any atom is -0.462 e. The van der Waals surface area contributed by atoms with E-state index in [1.165, 1.54) is 16.0 Å². The van der Waals surface area contributed by atoms with Crippen LogP contribution in [0, 0.1) is 6.92 Å². The molecule has 0 spiro atoms. The lowest BCUT2D eigenvalue weighted by molar-refractivity contribution is 0.0531. The van der Waals surface area contributed by atoms with Gasteiger partial charge in [-0.3, -0.25) is 4.90 Å². The summed E-state index contributed by atoms with van der Waals surface area (Å²) in [5, 5.41) is 0. The standard InChI is InChI=1S/C18H21NO2S/c1-3-21-18(20)17-13(2)15-12-19(10-9-16(15)22-17)11-14-7-5-4-6-8-14/h4-8H,3,9-12H2,1-2H3. The van der Waals surface area contributed by atoms with Gasteiger partial charge in [0.15, 0.2) is 0 Å². The van der Waals surface area contributed by atoms with Crippen LogP contribution in [0.25, 0.3) is 0 Å². The Morgan fingerprint density at radius 2 is 2.09 bits per heavy atom. The molecule has 4 heteroatoms. The molecule has 1 aromatic heterocycles. The van der Waals surface area contributed by atoms with Crippen molar-refractivity contribution in [3.05, 3.63) is 56.8 Å². The van der Waals surface area contributed by atoms with E-state index in [-0.39, 0.29) is 5.97 Å². The molecule has 0 radical (unpaired) electrons. The molecule has 2 heterocycles. The number of nitrogens with zero attached hydrogens (tertiary/aromatic N) is 1. The van der Waals surface area contributed by atoms with Gasteiger partial charge in [-0.2, -0.15) is 0 Å². The van der Waals surface area contributed by atoms with Crippen LogP contribution < -0.4 is 0 Å². The van der Waals surface area contributed by atoms with E-state index >= 15 is 0 Å². The molecule has 0 fully saturated rings. The maximum Gasteiger partial charge on any atom is 0.348 e. The molecule has 1 aliphatic heterocycles. The van der Waals surface area contributed by atoms with Crippen LogP contribution in [0.15, 0.2) is 30.3 Å². The summed E-state index contributed by atoms with van der Waals surface area (Å²) in [6.07, 6.45) is 1.02. The Morgan fingerprint density at radius 1 is 1.32 bits per heavy atom. The third-order valence-corrected chi connectivity index (χ3v) is 5.48. The predicted octanol–water partition coefficient (Wildman–Crippen LogP) is 3.79. The number of ether oxygens (including phenoxy) is 1. The average Bonchev–Trinajstić information content (AvgIpc) is 2.86. The molecule has 3 nitrogen and oxygen atoms in total. The Bertz CT molecular complexity index is 663. The Morgan fingerprint density at radius 3 is 2.82 bits per heavy atom. The molecule has 0 amide bonds. The Labute approximate surface area is 135 Å². The number of fused-ring (bicyclic) bond motifs is 1. The summed E-state index contributed by atoms with van der Waals surface area (Å²) in [6, 6.07) is 10.5. The van der Waals surface area contributed by atoms with Gasteiger partial charge < -0.3 is 4.74 Å². The van der Waals surface area contributed by atoms with Gasteiger partial charge in [-0.15, -0.1) is 11.3 Å². The summed E-state index contributed by atoms with van der Waals surface area (Å²) < 4.78 is 5.17. The molecule has 2 aromatic rings. The van der Waals surface area contributed by atoms with Crippen LogP contribution >= 0.6 is 11.3 Å². The van der Waals surface area contributed by atoms with E-state index in [0.29, 0.717) is 6.61 Å². The topological polar surface area (TPSA) is 29.5 Å². The van der Waals surface area contributed by atoms with Crippen molar-refractivity contribution in [1.29, 1.82) is 0 Å². The molecule has 1 aliphatic rings. The normalized spacial score (nSPS) is 14.6. The number of carbonyl (C=O) groups is 1. The highest BCUT2D eigenvalue weighted by Gasteiger charge is 2.25. The average molecular weight is 315 g/mol. The fourth-order valence-corrected chi connectivity index (χ4v) is 4.15. The van der Waals surface area contributed by atoms with Crippen molar-refractivity contribution in [3.8, 4) is 0 Å². The summed E-state index contributed by atoms with van der Waals surface area (Å²) in [4.78, 5) is 16.6. The molecule has 0 atom stereocenters. The first-order valence-corrected chi connectivity index (χ1v) is 8.55. The van der Waals surface area contributed by atoms with Crippen LogP contribution in [0.2, 0.25) is 0 Å². The van der Waals surface area contributed by atoms with Gasteiger partial charge in [-0.1, -0.05) is 30.3 Å². The van der Waals surface area contributed by atoms with Gasteiger partial charge in [0.2, 0.25) is 0 Å². The van der Waals surface area contributed by atoms with Gasteiger partial charge >= 0.3 is 5.97 Å². The lowest BCUT2D eigenvalue weighted by Gasteiger charge is -2.27. The summed E-state index contributed by atoms with van der Waals surface area (Å²) in [5.41, 5.74) is 3.77. The highest BCUT2D eigenvalue weighted by Crippen LogP contribution is 2.33. The number of esters is 1. The Hall–Kier alpha value is -1.65. The monoisotopic (exact) mass is 315 g/mol. The molecular formula is C18H21NO2S. The minimum absolute atomic E-state index is 0.172. The van der Waals surface area contributed by atoms with Crippen molar-refractivity contribution in [1.82, 2.24) is 4.90 Å². The quantitative estimate of drug-likeness (QED) is 0.804. The number of benzene rings is 1. The van der Waals surface area contributed by atoms with Crippen LogP contribution in [0.4, 0.5) is 0 Å². The van der Waals surface area contributed by atoms with Crippen molar-refractivity contribution < 1.29 is 9.53 Å². The van der Waals surface area contributed by atoms with E-state index < -0.39 is 0 Å². The fraction of sp³-hybridized carbons (Fsp3) is 0.389. The van der Waals surface area contributed by atoms with Crippen LogP contribution in [0.1, 0.15) is 38.2 Å². The van der Waals surface area contributed by atoms with Crippen molar-refractivity contribution in [2.45, 2.75) is 33.4 Å². The van der Waals surface area contributed by atoms with Gasteiger partial charge in [0.05, 0.1) is 6.61 Å². The largest absolute Gasteiger partial charge is 0.462 e. The molecule has 116 valence electrons. The second-order valence-corrected chi connectivity index (χ2v) is 6.73. The first-order chi connectivity index (χ1) is 10.7. The fourth-order valence-electron chi connectivity index (χ4n) is 2.95. The van der Waals surface area contributed by atoms with E-state index in [2.05, 4.69) is 29.2 Å². The van der Waals surface area contributed by atoms with E-state index in [4.69, 9.17) is 4.74 Å². The second-order valence-electron chi connectivity index (χ2n) is 5.62. The molecule has 0 bridgehead atoms. The van der Waals surface area contributed by atoms with E-state index in [9.17, 15) is 4.79 Å². The third kappa shape index (κ3) is 3.08. The molecule has 22 heavy (non-hydrogen) atoms. The first-order valence-electron chi connectivity index (χ1n) is 7.73. The SMILES string of the molecule is CCOC(=O)c1sc2c(c1C)CN(Cc1ccccc1)CC2. The minimum atomic E-state index is -0.172. The molecule has 3 rings (SSSR count). The number of hydrogen-bond acceptors (Lipinski definition) is 4. The zero-order valence-electron chi connectivity index (χ0n) is 13.1. The molecular weight excluding hydrogens is 294 g/mol. The Kier molecular flexibility index (Phi) is 4.60. The number of carbonyl (C=O) groups excluding carboxylic acids is 1. The summed E-state index contributed by atoms with van der Waals surface area (Å²) in [7, 11) is 0. The molecule has 1 aromatic carbocycles. The van der Waals surface area contributed by atoms with Gasteiger partial charge in [0, 0.05) is 24.5 Å². The van der Waals surface area contributed by atoms with Crippen LogP contribution in [0.5, 0.6) is 0 Å². The molecule has 0 aliphatic carbocycles. The van der Waals surface area contributed by atoms with Gasteiger partial charge in [-0.05, 0) is 37.0 Å². The van der Waals surface area contributed by atoms with Crippen molar-refractivity contribution in [3.63, 3.8) is 0 Å². The highest BCUT2D eigenvalue weighted by atomic mass is 32.1. The number of rotatable bonds is 4. The second kappa shape index (κ2) is 6.63. The molecule has 0 unspecified atom stereocenters. The predicted molar refractivity (Wildman–Crippen MR) is 89.3 cm³/mol. The van der Waals surface area contributed by atoms with Crippen molar-refractivity contribution in [2.24, 2.45) is 0 Å². The van der Waals surface area contributed by atoms with Crippen molar-refractivity contribution >= 4 is 17.3 Å². The third-order valence-electron chi connectivity index (χ3n) is 4.10. The van der Waals surface area contributed by atoms with E-state index in [1.807, 2.05) is 19.9 Å². The first kappa shape index (κ1) is 15.3. The van der Waals surface area contributed by atoms with Gasteiger partial charge in [0.25, 0.3) is 0 Å².